The second-order valence-electron chi connectivity index (χ2n) is 3.78. The van der Waals surface area contributed by atoms with Gasteiger partial charge < -0.3 is 10.0 Å². The van der Waals surface area contributed by atoms with E-state index in [1.807, 2.05) is 0 Å². The summed E-state index contributed by atoms with van der Waals surface area (Å²) in [7, 11) is 0. The van der Waals surface area contributed by atoms with Crippen LogP contribution in [0.1, 0.15) is 24.2 Å². The molecule has 1 heterocycles. The topological polar surface area (TPSA) is 70.5 Å². The zero-order chi connectivity index (χ0) is 13.0. The molecule has 0 fully saturated rings. The molecule has 6 heteroatoms. The number of nitrogens with zero attached hydrogens (tertiary/aromatic N) is 2. The molecule has 0 unspecified atom stereocenters. The van der Waals surface area contributed by atoms with Gasteiger partial charge in [-0.05, 0) is 19.9 Å². The number of rotatable bonds is 4. The molecule has 1 rings (SSSR count). The van der Waals surface area contributed by atoms with Gasteiger partial charge in [0.25, 0.3) is 5.91 Å². The number of aromatic nitrogens is 1. The van der Waals surface area contributed by atoms with Crippen molar-refractivity contribution in [3.05, 3.63) is 29.0 Å². The van der Waals surface area contributed by atoms with Gasteiger partial charge in [0.2, 0.25) is 0 Å². The van der Waals surface area contributed by atoms with Crippen LogP contribution in [-0.2, 0) is 4.79 Å². The van der Waals surface area contributed by atoms with Crippen LogP contribution in [0.3, 0.4) is 0 Å². The Balaban J connectivity index is 3.00. The van der Waals surface area contributed by atoms with Crippen LogP contribution in [0.25, 0.3) is 0 Å². The predicted octanol–water partition coefficient (Wildman–Crippen LogP) is 1.67. The zero-order valence-corrected chi connectivity index (χ0v) is 10.3. The highest BCUT2D eigenvalue weighted by Gasteiger charge is 2.23. The lowest BCUT2D eigenvalue weighted by molar-refractivity contribution is -0.138. The third-order valence-electron chi connectivity index (χ3n) is 2.19. The number of hydrogen-bond acceptors (Lipinski definition) is 3. The van der Waals surface area contributed by atoms with Gasteiger partial charge >= 0.3 is 5.97 Å². The summed E-state index contributed by atoms with van der Waals surface area (Å²) in [6.07, 6.45) is 2.80. The van der Waals surface area contributed by atoms with Gasteiger partial charge in [-0.3, -0.25) is 14.6 Å². The number of halogens is 1. The first-order valence-electron chi connectivity index (χ1n) is 5.05. The Kier molecular flexibility index (Phi) is 4.45. The second kappa shape index (κ2) is 5.63. The molecule has 92 valence electrons. The molecule has 0 saturated carbocycles. The smallest absolute Gasteiger partial charge is 0.323 e. The van der Waals surface area contributed by atoms with Crippen molar-refractivity contribution in [2.24, 2.45) is 0 Å². The van der Waals surface area contributed by atoms with E-state index in [1.165, 1.54) is 23.4 Å². The summed E-state index contributed by atoms with van der Waals surface area (Å²) in [5, 5.41) is 9.02. The van der Waals surface area contributed by atoms with Crippen molar-refractivity contribution in [2.45, 2.75) is 19.9 Å². The van der Waals surface area contributed by atoms with Crippen LogP contribution >= 0.6 is 11.6 Å². The van der Waals surface area contributed by atoms with Crippen molar-refractivity contribution in [3.63, 3.8) is 0 Å². The van der Waals surface area contributed by atoms with E-state index in [0.29, 0.717) is 0 Å². The lowest BCUT2D eigenvalue weighted by Gasteiger charge is -2.25. The minimum atomic E-state index is -1.06. The van der Waals surface area contributed by atoms with Gasteiger partial charge in [0.15, 0.2) is 0 Å². The molecule has 1 aromatic heterocycles. The van der Waals surface area contributed by atoms with Crippen molar-refractivity contribution in [3.8, 4) is 0 Å². The molecule has 0 bridgehead atoms. The largest absolute Gasteiger partial charge is 0.480 e. The number of carbonyl (C=O) groups is 2. The molecule has 1 amide bonds. The molecule has 5 nitrogen and oxygen atoms in total. The van der Waals surface area contributed by atoms with Gasteiger partial charge in [0.1, 0.15) is 6.54 Å². The first-order chi connectivity index (χ1) is 7.93. The molecule has 0 aromatic carbocycles. The van der Waals surface area contributed by atoms with Crippen molar-refractivity contribution in [2.75, 3.05) is 6.54 Å². The molecular formula is C11H13ClN2O3. The van der Waals surface area contributed by atoms with Gasteiger partial charge in [-0.1, -0.05) is 11.6 Å². The number of pyridine rings is 1. The lowest BCUT2D eigenvalue weighted by Crippen LogP contribution is -2.40. The highest BCUT2D eigenvalue weighted by Crippen LogP contribution is 2.17. The van der Waals surface area contributed by atoms with E-state index >= 15 is 0 Å². The maximum Gasteiger partial charge on any atom is 0.323 e. The summed E-state index contributed by atoms with van der Waals surface area (Å²) in [4.78, 5) is 27.8. The van der Waals surface area contributed by atoms with Crippen LogP contribution < -0.4 is 0 Å². The fourth-order valence-electron chi connectivity index (χ4n) is 1.32. The molecule has 0 radical (unpaired) electrons. The Hall–Kier alpha value is -1.62. The van der Waals surface area contributed by atoms with E-state index in [-0.39, 0.29) is 23.2 Å². The molecule has 0 aliphatic carbocycles. The average Bonchev–Trinajstić information content (AvgIpc) is 2.25. The Morgan fingerprint density at radius 3 is 2.65 bits per heavy atom. The van der Waals surface area contributed by atoms with E-state index in [9.17, 15) is 9.59 Å². The minimum absolute atomic E-state index is 0.212. The maximum atomic E-state index is 12.1. The third kappa shape index (κ3) is 3.42. The number of amides is 1. The minimum Gasteiger partial charge on any atom is -0.480 e. The molecule has 17 heavy (non-hydrogen) atoms. The fraction of sp³-hybridized carbons (Fsp3) is 0.364. The molecule has 1 aromatic rings. The van der Waals surface area contributed by atoms with Crippen molar-refractivity contribution < 1.29 is 14.7 Å². The van der Waals surface area contributed by atoms with Crippen LogP contribution in [0.2, 0.25) is 5.02 Å². The highest BCUT2D eigenvalue weighted by molar-refractivity contribution is 6.33. The van der Waals surface area contributed by atoms with Gasteiger partial charge in [0.05, 0.1) is 10.6 Å². The van der Waals surface area contributed by atoms with E-state index in [0.717, 1.165) is 0 Å². The van der Waals surface area contributed by atoms with E-state index < -0.39 is 11.9 Å². The summed E-state index contributed by atoms with van der Waals surface area (Å²) in [6.45, 7) is 3.12. The molecule has 0 aliphatic heterocycles. The third-order valence-corrected chi connectivity index (χ3v) is 2.52. The Labute approximate surface area is 104 Å². The summed E-state index contributed by atoms with van der Waals surface area (Å²) < 4.78 is 0. The number of carboxylic acids is 1. The van der Waals surface area contributed by atoms with Crippen LogP contribution in [0.15, 0.2) is 18.5 Å². The summed E-state index contributed by atoms with van der Waals surface area (Å²) >= 11 is 5.87. The van der Waals surface area contributed by atoms with E-state index in [2.05, 4.69) is 4.98 Å². The zero-order valence-electron chi connectivity index (χ0n) is 9.55. The molecule has 0 saturated heterocycles. The lowest BCUT2D eigenvalue weighted by atomic mass is 10.2. The first kappa shape index (κ1) is 13.4. The number of carboxylic acid groups (broad SMARTS) is 1. The maximum absolute atomic E-state index is 12.1. The van der Waals surface area contributed by atoms with Crippen molar-refractivity contribution >= 4 is 23.5 Å². The number of carbonyl (C=O) groups excluding carboxylic acids is 1. The van der Waals surface area contributed by atoms with Crippen LogP contribution in [-0.4, -0.2) is 39.5 Å². The van der Waals surface area contributed by atoms with E-state index in [4.69, 9.17) is 16.7 Å². The SMILES string of the molecule is CC(C)N(CC(=O)O)C(=O)c1cnccc1Cl. The van der Waals surface area contributed by atoms with Crippen LogP contribution in [0, 0.1) is 0 Å². The fourth-order valence-corrected chi connectivity index (χ4v) is 1.51. The number of hydrogen-bond donors (Lipinski definition) is 1. The number of aliphatic carboxylic acids is 1. The van der Waals surface area contributed by atoms with Gasteiger partial charge in [-0.2, -0.15) is 0 Å². The standard InChI is InChI=1S/C11H13ClN2O3/c1-7(2)14(6-10(15)16)11(17)8-5-13-4-3-9(8)12/h3-5,7H,6H2,1-2H3,(H,15,16). The Morgan fingerprint density at radius 1 is 1.53 bits per heavy atom. The molecule has 1 N–H and O–H groups in total. The summed E-state index contributed by atoms with van der Waals surface area (Å²) in [6, 6.07) is 1.27. The van der Waals surface area contributed by atoms with Crippen LogP contribution in [0.4, 0.5) is 0 Å². The monoisotopic (exact) mass is 256 g/mol. The summed E-state index contributed by atoms with van der Waals surface area (Å²) in [5.74, 6) is -1.49. The molecular weight excluding hydrogens is 244 g/mol. The molecule has 0 aliphatic rings. The normalized spacial score (nSPS) is 10.4. The van der Waals surface area contributed by atoms with E-state index in [1.54, 1.807) is 13.8 Å². The Morgan fingerprint density at radius 2 is 2.18 bits per heavy atom. The van der Waals surface area contributed by atoms with Crippen molar-refractivity contribution in [1.82, 2.24) is 9.88 Å². The van der Waals surface area contributed by atoms with Gasteiger partial charge in [-0.15, -0.1) is 0 Å². The van der Waals surface area contributed by atoms with Crippen LogP contribution in [0.5, 0.6) is 0 Å². The van der Waals surface area contributed by atoms with Gasteiger partial charge in [0, 0.05) is 18.4 Å². The van der Waals surface area contributed by atoms with Crippen molar-refractivity contribution in [1.29, 1.82) is 0 Å². The first-order valence-corrected chi connectivity index (χ1v) is 5.43. The highest BCUT2D eigenvalue weighted by atomic mass is 35.5. The molecule has 0 atom stereocenters. The average molecular weight is 257 g/mol. The molecule has 0 spiro atoms. The Bertz CT molecular complexity index is 434. The quantitative estimate of drug-likeness (QED) is 0.890. The summed E-state index contributed by atoms with van der Waals surface area (Å²) in [5.41, 5.74) is 0.212. The second-order valence-corrected chi connectivity index (χ2v) is 4.18. The van der Waals surface area contributed by atoms with Gasteiger partial charge in [-0.25, -0.2) is 0 Å². The predicted molar refractivity (Wildman–Crippen MR) is 63.1 cm³/mol.